The van der Waals surface area contributed by atoms with Crippen LogP contribution in [0.3, 0.4) is 0 Å². The molecule has 61 heavy (non-hydrogen) atoms. The van der Waals surface area contributed by atoms with Gasteiger partial charge in [0.05, 0.1) is 17.9 Å². The summed E-state index contributed by atoms with van der Waals surface area (Å²) in [7, 11) is 0. The highest BCUT2D eigenvalue weighted by Gasteiger charge is 2.17. The van der Waals surface area contributed by atoms with E-state index in [9.17, 15) is 0 Å². The number of rotatable bonds is 42. The van der Waals surface area contributed by atoms with Gasteiger partial charge < -0.3 is 18.9 Å². The summed E-state index contributed by atoms with van der Waals surface area (Å²) in [5, 5.41) is 1.48. The summed E-state index contributed by atoms with van der Waals surface area (Å²) in [5.74, 6) is 1.60. The summed E-state index contributed by atoms with van der Waals surface area (Å²) < 4.78 is 28.7. The molecule has 0 saturated carbocycles. The zero-order valence-electron chi connectivity index (χ0n) is 38.1. The van der Waals surface area contributed by atoms with Crippen molar-refractivity contribution < 1.29 is 18.9 Å². The Bertz CT molecular complexity index is 1200. The summed E-state index contributed by atoms with van der Waals surface area (Å²) >= 11 is 22.4. The Labute approximate surface area is 424 Å². The molecule has 0 amide bonds. The lowest BCUT2D eigenvalue weighted by atomic mass is 10.0. The lowest BCUT2D eigenvalue weighted by Crippen LogP contribution is -2.24. The van der Waals surface area contributed by atoms with Crippen LogP contribution in [0.5, 0.6) is 11.5 Å². The van der Waals surface area contributed by atoms with Crippen molar-refractivity contribution >= 4 is 95.6 Å². The Kier molecular flexibility index (Phi) is 38.0. The van der Waals surface area contributed by atoms with Gasteiger partial charge in [0, 0.05) is 23.9 Å². The van der Waals surface area contributed by atoms with Gasteiger partial charge in [0.25, 0.3) is 0 Å². The first kappa shape index (κ1) is 58.0. The molecule has 0 N–H and O–H groups in total. The minimum Gasteiger partial charge on any atom is -0.488 e. The van der Waals surface area contributed by atoms with Crippen molar-refractivity contribution in [3.8, 4) is 11.5 Å². The Hall–Kier alpha value is 0.840. The fraction of sp³-hybridized carbons (Fsp3) is 0.765. The molecule has 2 aromatic carbocycles. The molecule has 0 saturated heterocycles. The Balaban J connectivity index is 1.64. The topological polar surface area (TPSA) is 36.9 Å². The number of hydrogen-bond donors (Lipinski definition) is 0. The van der Waals surface area contributed by atoms with E-state index in [-0.39, 0.29) is 12.2 Å². The van der Waals surface area contributed by atoms with Crippen LogP contribution in [0.25, 0.3) is 0 Å². The molecule has 2 rings (SSSR count). The first-order valence-electron chi connectivity index (χ1n) is 24.4. The second-order valence-corrected chi connectivity index (χ2v) is 21.8. The van der Waals surface area contributed by atoms with Crippen LogP contribution >= 0.6 is 95.6 Å². The van der Waals surface area contributed by atoms with Crippen molar-refractivity contribution in [2.75, 3.05) is 37.1 Å². The molecule has 0 aliphatic heterocycles. The normalized spacial score (nSPS) is 12.6. The van der Waals surface area contributed by atoms with Crippen LogP contribution in [0, 0.1) is 0 Å². The standard InChI is InChI=1S/C51H82Br6O4/c1-3-5-7-9-11-13-15-17-19-21-23-25-27-29-31-58-44(38-52)40-60-50-46(54)34-42(35-47(50)55)33-43-36-48(56)51(49(57)37-43)61-41-45(39-53)59-32-30-28-26-24-22-20-18-16-14-12-10-8-6-4-2/h34-37,44-45H,3-33,38-41H2,1-2H3. The van der Waals surface area contributed by atoms with Gasteiger partial charge in [-0.1, -0.05) is 213 Å². The van der Waals surface area contributed by atoms with E-state index in [0.29, 0.717) is 13.2 Å². The molecule has 2 aromatic rings. The van der Waals surface area contributed by atoms with E-state index in [1.54, 1.807) is 0 Å². The largest absolute Gasteiger partial charge is 0.488 e. The predicted octanol–water partition coefficient (Wildman–Crippen LogP) is 19.6. The van der Waals surface area contributed by atoms with E-state index in [0.717, 1.165) is 72.5 Å². The monoisotopic (exact) mass is 1230 g/mol. The molecule has 0 heterocycles. The Morgan fingerprint density at radius 1 is 0.377 bits per heavy atom. The number of alkyl halides is 2. The fourth-order valence-corrected chi connectivity index (χ4v) is 11.4. The van der Waals surface area contributed by atoms with Gasteiger partial charge >= 0.3 is 0 Å². The van der Waals surface area contributed by atoms with Gasteiger partial charge in [-0.25, -0.2) is 0 Å². The maximum absolute atomic E-state index is 6.29. The summed E-state index contributed by atoms with van der Waals surface area (Å²) in [5.41, 5.74) is 2.34. The van der Waals surface area contributed by atoms with Crippen LogP contribution < -0.4 is 9.47 Å². The van der Waals surface area contributed by atoms with Crippen LogP contribution in [0.15, 0.2) is 42.2 Å². The van der Waals surface area contributed by atoms with Gasteiger partial charge in [-0.2, -0.15) is 0 Å². The second kappa shape index (κ2) is 40.0. The molecule has 0 fully saturated rings. The van der Waals surface area contributed by atoms with Crippen molar-refractivity contribution in [1.29, 1.82) is 0 Å². The highest BCUT2D eigenvalue weighted by molar-refractivity contribution is 9.11. The first-order chi connectivity index (χ1) is 29.8. The molecule has 0 bridgehead atoms. The molecule has 352 valence electrons. The van der Waals surface area contributed by atoms with Gasteiger partial charge in [0.2, 0.25) is 0 Å². The third-order valence-corrected chi connectivity index (χ3v) is 15.2. The van der Waals surface area contributed by atoms with Gasteiger partial charge in [0.15, 0.2) is 0 Å². The van der Waals surface area contributed by atoms with Gasteiger partial charge in [-0.15, -0.1) is 0 Å². The maximum Gasteiger partial charge on any atom is 0.147 e. The molecule has 2 unspecified atom stereocenters. The van der Waals surface area contributed by atoms with Crippen LogP contribution in [0.4, 0.5) is 0 Å². The number of hydrogen-bond acceptors (Lipinski definition) is 4. The molecular formula is C51H82Br6O4. The molecule has 0 radical (unpaired) electrons. The van der Waals surface area contributed by atoms with Crippen molar-refractivity contribution in [3.05, 3.63) is 53.3 Å². The zero-order valence-corrected chi connectivity index (χ0v) is 47.6. The average Bonchev–Trinajstić information content (AvgIpc) is 3.24. The smallest absolute Gasteiger partial charge is 0.147 e. The van der Waals surface area contributed by atoms with Gasteiger partial charge in [0.1, 0.15) is 36.9 Å². The van der Waals surface area contributed by atoms with E-state index in [2.05, 4.69) is 134 Å². The Morgan fingerprint density at radius 3 is 0.869 bits per heavy atom. The summed E-state index contributed by atoms with van der Waals surface area (Å²) in [6.45, 7) is 7.11. The second-order valence-electron chi connectivity index (χ2n) is 17.1. The highest BCUT2D eigenvalue weighted by atomic mass is 79.9. The number of halogens is 6. The van der Waals surface area contributed by atoms with Gasteiger partial charge in [-0.3, -0.25) is 0 Å². The van der Waals surface area contributed by atoms with E-state index >= 15 is 0 Å². The number of unbranched alkanes of at least 4 members (excludes halogenated alkanes) is 26. The molecule has 4 nitrogen and oxygen atoms in total. The molecule has 0 spiro atoms. The summed E-state index contributed by atoms with van der Waals surface area (Å²) in [4.78, 5) is 0. The lowest BCUT2D eigenvalue weighted by molar-refractivity contribution is 0.0335. The highest BCUT2D eigenvalue weighted by Crippen LogP contribution is 2.38. The van der Waals surface area contributed by atoms with Crippen molar-refractivity contribution in [2.24, 2.45) is 0 Å². The van der Waals surface area contributed by atoms with Crippen molar-refractivity contribution in [2.45, 2.75) is 212 Å². The maximum atomic E-state index is 6.29. The van der Waals surface area contributed by atoms with E-state index < -0.39 is 0 Å². The van der Waals surface area contributed by atoms with E-state index in [4.69, 9.17) is 18.9 Å². The van der Waals surface area contributed by atoms with E-state index in [1.807, 2.05) is 0 Å². The molecule has 2 atom stereocenters. The minimum atomic E-state index is 0.00108. The average molecular weight is 1240 g/mol. The molecule has 0 aliphatic rings. The zero-order chi connectivity index (χ0) is 44.2. The fourth-order valence-electron chi connectivity index (χ4n) is 7.66. The van der Waals surface area contributed by atoms with Crippen LogP contribution in [0.1, 0.15) is 205 Å². The molecular weight excluding hydrogens is 1160 g/mol. The van der Waals surface area contributed by atoms with Crippen LogP contribution in [0.2, 0.25) is 0 Å². The minimum absolute atomic E-state index is 0.00108. The third-order valence-electron chi connectivity index (χ3n) is 11.4. The molecule has 0 aromatic heterocycles. The lowest BCUT2D eigenvalue weighted by Gasteiger charge is -2.19. The first-order valence-corrected chi connectivity index (χ1v) is 29.8. The summed E-state index contributed by atoms with van der Waals surface area (Å²) in [6.07, 6.45) is 38.9. The van der Waals surface area contributed by atoms with E-state index in [1.165, 1.54) is 178 Å². The van der Waals surface area contributed by atoms with Crippen LogP contribution in [-0.4, -0.2) is 49.3 Å². The quantitative estimate of drug-likeness (QED) is 0.0490. The van der Waals surface area contributed by atoms with Crippen LogP contribution in [-0.2, 0) is 15.9 Å². The van der Waals surface area contributed by atoms with Crippen molar-refractivity contribution in [3.63, 3.8) is 0 Å². The van der Waals surface area contributed by atoms with Gasteiger partial charge in [-0.05, 0) is 118 Å². The molecule has 0 aliphatic carbocycles. The molecule has 10 heteroatoms. The predicted molar refractivity (Wildman–Crippen MR) is 285 cm³/mol. The SMILES string of the molecule is CCCCCCCCCCCCCCCCOC(CBr)COc1c(Br)cc(Cc2cc(Br)c(OCC(CBr)OCCCCCCCCCCCCCCCC)c(Br)c2)cc1Br. The number of ether oxygens (including phenoxy) is 4. The van der Waals surface area contributed by atoms with Crippen molar-refractivity contribution in [1.82, 2.24) is 0 Å². The third kappa shape index (κ3) is 29.3. The Morgan fingerprint density at radius 2 is 0.623 bits per heavy atom. The number of benzene rings is 2. The summed E-state index contributed by atoms with van der Waals surface area (Å²) in [6, 6.07) is 8.56.